The van der Waals surface area contributed by atoms with Crippen LogP contribution in [0.4, 0.5) is 11.4 Å². The van der Waals surface area contributed by atoms with Crippen LogP contribution in [0.25, 0.3) is 0 Å². The van der Waals surface area contributed by atoms with Crippen molar-refractivity contribution >= 4 is 28.9 Å². The van der Waals surface area contributed by atoms with Gasteiger partial charge in [-0.1, -0.05) is 31.5 Å². The maximum absolute atomic E-state index is 11.6. The SMILES string of the molecule is CC(C)C1(C(=O)O)CCN(c2cccc(Cl)c2[N+](=O)[O-])C1. The second-order valence-electron chi connectivity index (χ2n) is 5.65. The minimum absolute atomic E-state index is 0.0572. The van der Waals surface area contributed by atoms with Gasteiger partial charge in [-0.05, 0) is 24.5 Å². The lowest BCUT2D eigenvalue weighted by atomic mass is 9.76. The van der Waals surface area contributed by atoms with Gasteiger partial charge in [0.1, 0.15) is 10.7 Å². The highest BCUT2D eigenvalue weighted by atomic mass is 35.5. The summed E-state index contributed by atoms with van der Waals surface area (Å²) in [5.41, 5.74) is -0.656. The largest absolute Gasteiger partial charge is 0.481 e. The second kappa shape index (κ2) is 5.52. The molecule has 1 N–H and O–H groups in total. The third kappa shape index (κ3) is 2.55. The average Bonchev–Trinajstić information content (AvgIpc) is 2.84. The van der Waals surface area contributed by atoms with Crippen LogP contribution < -0.4 is 4.90 Å². The molecule has 0 aliphatic carbocycles. The van der Waals surface area contributed by atoms with Crippen molar-refractivity contribution in [2.45, 2.75) is 20.3 Å². The molecule has 0 saturated carbocycles. The van der Waals surface area contributed by atoms with E-state index in [1.165, 1.54) is 6.07 Å². The number of benzene rings is 1. The first-order valence-electron chi connectivity index (χ1n) is 6.71. The van der Waals surface area contributed by atoms with E-state index in [1.54, 1.807) is 17.0 Å². The van der Waals surface area contributed by atoms with E-state index in [1.807, 2.05) is 13.8 Å². The van der Waals surface area contributed by atoms with Gasteiger partial charge < -0.3 is 10.0 Å². The summed E-state index contributed by atoms with van der Waals surface area (Å²) in [5.74, 6) is -0.914. The zero-order chi connectivity index (χ0) is 15.8. The number of rotatable bonds is 4. The Bertz CT molecular complexity index is 590. The number of carboxylic acids is 1. The quantitative estimate of drug-likeness (QED) is 0.682. The molecule has 2 rings (SSSR count). The number of aliphatic carboxylic acids is 1. The lowest BCUT2D eigenvalue weighted by Crippen LogP contribution is -2.39. The molecule has 1 aromatic rings. The summed E-state index contributed by atoms with van der Waals surface area (Å²) in [4.78, 5) is 24.1. The number of halogens is 1. The Hall–Kier alpha value is -1.82. The van der Waals surface area contributed by atoms with Crippen molar-refractivity contribution in [3.63, 3.8) is 0 Å². The molecule has 0 aromatic heterocycles. The molecule has 1 atom stereocenters. The number of anilines is 1. The van der Waals surface area contributed by atoms with Gasteiger partial charge in [-0.15, -0.1) is 0 Å². The van der Waals surface area contributed by atoms with Crippen LogP contribution in [0.1, 0.15) is 20.3 Å². The monoisotopic (exact) mass is 312 g/mol. The van der Waals surface area contributed by atoms with Crippen LogP contribution in [0.2, 0.25) is 5.02 Å². The van der Waals surface area contributed by atoms with E-state index in [0.29, 0.717) is 18.7 Å². The Morgan fingerprint density at radius 1 is 1.52 bits per heavy atom. The smallest absolute Gasteiger partial charge is 0.311 e. The van der Waals surface area contributed by atoms with Crippen molar-refractivity contribution < 1.29 is 14.8 Å². The lowest BCUT2D eigenvalue weighted by molar-refractivity contribution is -0.384. The van der Waals surface area contributed by atoms with Crippen molar-refractivity contribution in [1.29, 1.82) is 0 Å². The molecular formula is C14H17ClN2O4. The average molecular weight is 313 g/mol. The van der Waals surface area contributed by atoms with Gasteiger partial charge >= 0.3 is 11.7 Å². The maximum Gasteiger partial charge on any atom is 0.311 e. The van der Waals surface area contributed by atoms with Crippen LogP contribution in [-0.4, -0.2) is 29.1 Å². The molecule has 114 valence electrons. The summed E-state index contributed by atoms with van der Waals surface area (Å²) >= 11 is 5.91. The van der Waals surface area contributed by atoms with Crippen molar-refractivity contribution in [2.75, 3.05) is 18.0 Å². The Kier molecular flexibility index (Phi) is 4.09. The summed E-state index contributed by atoms with van der Waals surface area (Å²) in [7, 11) is 0. The zero-order valence-electron chi connectivity index (χ0n) is 11.9. The van der Waals surface area contributed by atoms with E-state index in [-0.39, 0.29) is 23.2 Å². The summed E-state index contributed by atoms with van der Waals surface area (Å²) in [6.45, 7) is 4.45. The summed E-state index contributed by atoms with van der Waals surface area (Å²) in [6.07, 6.45) is 0.462. The Labute approximate surface area is 127 Å². The number of carbonyl (C=O) groups is 1. The van der Waals surface area contributed by atoms with Gasteiger partial charge in [0.15, 0.2) is 0 Å². The van der Waals surface area contributed by atoms with E-state index < -0.39 is 16.3 Å². The number of hydrogen-bond acceptors (Lipinski definition) is 4. The maximum atomic E-state index is 11.6. The third-order valence-electron chi connectivity index (χ3n) is 4.32. The van der Waals surface area contributed by atoms with E-state index in [2.05, 4.69) is 0 Å². The van der Waals surface area contributed by atoms with Crippen LogP contribution in [0, 0.1) is 21.4 Å². The highest BCUT2D eigenvalue weighted by Crippen LogP contribution is 2.43. The number of hydrogen-bond donors (Lipinski definition) is 1. The van der Waals surface area contributed by atoms with Gasteiger partial charge in [0.05, 0.1) is 10.3 Å². The minimum Gasteiger partial charge on any atom is -0.481 e. The lowest BCUT2D eigenvalue weighted by Gasteiger charge is -2.29. The number of nitrogens with zero attached hydrogens (tertiary/aromatic N) is 2. The molecule has 1 heterocycles. The Balaban J connectivity index is 2.41. The topological polar surface area (TPSA) is 83.7 Å². The Morgan fingerprint density at radius 3 is 2.67 bits per heavy atom. The molecule has 0 bridgehead atoms. The first kappa shape index (κ1) is 15.6. The van der Waals surface area contributed by atoms with Gasteiger partial charge in [-0.25, -0.2) is 0 Å². The summed E-state index contributed by atoms with van der Waals surface area (Å²) in [5, 5.41) is 20.8. The number of nitro benzene ring substituents is 1. The molecule has 0 spiro atoms. The summed E-state index contributed by atoms with van der Waals surface area (Å²) in [6, 6.07) is 4.72. The third-order valence-corrected chi connectivity index (χ3v) is 4.63. The zero-order valence-corrected chi connectivity index (χ0v) is 12.6. The van der Waals surface area contributed by atoms with Gasteiger partial charge in [-0.2, -0.15) is 0 Å². The van der Waals surface area contributed by atoms with E-state index in [4.69, 9.17) is 11.6 Å². The second-order valence-corrected chi connectivity index (χ2v) is 6.06. The number of carboxylic acid groups (broad SMARTS) is 1. The van der Waals surface area contributed by atoms with E-state index in [0.717, 1.165) is 0 Å². The molecule has 1 aromatic carbocycles. The molecule has 6 nitrogen and oxygen atoms in total. The molecule has 1 unspecified atom stereocenters. The molecule has 7 heteroatoms. The van der Waals surface area contributed by atoms with E-state index in [9.17, 15) is 20.0 Å². The fraction of sp³-hybridized carbons (Fsp3) is 0.500. The first-order valence-corrected chi connectivity index (χ1v) is 7.08. The van der Waals surface area contributed by atoms with Crippen LogP contribution >= 0.6 is 11.6 Å². The van der Waals surface area contributed by atoms with Crippen LogP contribution in [0.15, 0.2) is 18.2 Å². The van der Waals surface area contributed by atoms with Gasteiger partial charge in [0, 0.05) is 13.1 Å². The molecule has 1 fully saturated rings. The highest BCUT2D eigenvalue weighted by molar-refractivity contribution is 6.33. The molecule has 0 radical (unpaired) electrons. The fourth-order valence-electron chi connectivity index (χ4n) is 2.87. The fourth-order valence-corrected chi connectivity index (χ4v) is 3.11. The van der Waals surface area contributed by atoms with Gasteiger partial charge in [0.2, 0.25) is 0 Å². The molecular weight excluding hydrogens is 296 g/mol. The molecule has 1 aliphatic heterocycles. The van der Waals surface area contributed by atoms with Crippen molar-refractivity contribution in [2.24, 2.45) is 11.3 Å². The molecule has 0 amide bonds. The summed E-state index contributed by atoms with van der Waals surface area (Å²) < 4.78 is 0. The standard InChI is InChI=1S/C14H17ClN2O4/c1-9(2)14(13(18)19)6-7-16(8-14)11-5-3-4-10(15)12(11)17(20)21/h3-5,9H,6-8H2,1-2H3,(H,18,19). The highest BCUT2D eigenvalue weighted by Gasteiger charge is 2.48. The predicted molar refractivity (Wildman–Crippen MR) is 79.8 cm³/mol. The number of para-hydroxylation sites is 1. The molecule has 21 heavy (non-hydrogen) atoms. The molecule has 1 aliphatic rings. The predicted octanol–water partition coefficient (Wildman–Crippen LogP) is 3.19. The van der Waals surface area contributed by atoms with Gasteiger partial charge in [-0.3, -0.25) is 14.9 Å². The van der Waals surface area contributed by atoms with Gasteiger partial charge in [0.25, 0.3) is 0 Å². The Morgan fingerprint density at radius 2 is 2.19 bits per heavy atom. The van der Waals surface area contributed by atoms with Crippen LogP contribution in [-0.2, 0) is 4.79 Å². The van der Waals surface area contributed by atoms with Crippen molar-refractivity contribution in [3.05, 3.63) is 33.3 Å². The van der Waals surface area contributed by atoms with Crippen LogP contribution in [0.5, 0.6) is 0 Å². The first-order chi connectivity index (χ1) is 9.79. The molecule has 1 saturated heterocycles. The van der Waals surface area contributed by atoms with Crippen LogP contribution in [0.3, 0.4) is 0 Å². The van der Waals surface area contributed by atoms with Crippen molar-refractivity contribution in [3.8, 4) is 0 Å². The number of nitro groups is 1. The normalized spacial score (nSPS) is 21.8. The van der Waals surface area contributed by atoms with E-state index >= 15 is 0 Å². The van der Waals surface area contributed by atoms with Crippen molar-refractivity contribution in [1.82, 2.24) is 0 Å². The minimum atomic E-state index is -0.879.